The number of nitro benzene ring substituents is 1. The van der Waals surface area contributed by atoms with Crippen molar-refractivity contribution in [3.05, 3.63) is 64.2 Å². The lowest BCUT2D eigenvalue weighted by Gasteiger charge is -2.30. The zero-order valence-electron chi connectivity index (χ0n) is 16.2. The van der Waals surface area contributed by atoms with Crippen LogP contribution in [0.4, 0.5) is 14.9 Å². The number of aromatic nitrogens is 1. The smallest absolute Gasteiger partial charge is 0.414 e. The highest BCUT2D eigenvalue weighted by Gasteiger charge is 2.29. The lowest BCUT2D eigenvalue weighted by molar-refractivity contribution is -0.385. The number of imide groups is 1. The normalized spacial score (nSPS) is 14.4. The molecule has 162 valence electrons. The lowest BCUT2D eigenvalue weighted by Crippen LogP contribution is -2.48. The first-order valence-electron chi connectivity index (χ1n) is 9.37. The van der Waals surface area contributed by atoms with E-state index in [1.165, 1.54) is 24.5 Å². The molecule has 0 aliphatic carbocycles. The molecular formula is C20H19FN4O6. The molecule has 0 saturated carbocycles. The molecule has 0 radical (unpaired) electrons. The molecule has 0 bridgehead atoms. The highest BCUT2D eigenvalue weighted by molar-refractivity contribution is 6.00. The summed E-state index contributed by atoms with van der Waals surface area (Å²) in [7, 11) is 0. The molecule has 11 heteroatoms. The maximum Gasteiger partial charge on any atom is 0.414 e. The van der Waals surface area contributed by atoms with Gasteiger partial charge in [-0.15, -0.1) is 0 Å². The number of piperidine rings is 1. The summed E-state index contributed by atoms with van der Waals surface area (Å²) in [5.74, 6) is -1.76. The summed E-state index contributed by atoms with van der Waals surface area (Å²) in [6.07, 6.45) is 4.86. The number of carbonyl (C=O) groups is 2. The van der Waals surface area contributed by atoms with E-state index in [-0.39, 0.29) is 11.5 Å². The molecular weight excluding hydrogens is 411 g/mol. The molecule has 0 spiro atoms. The van der Waals surface area contributed by atoms with Crippen molar-refractivity contribution in [3.63, 3.8) is 0 Å². The molecule has 2 N–H and O–H groups in total. The Hall–Kier alpha value is -3.86. The van der Waals surface area contributed by atoms with Crippen LogP contribution in [0.15, 0.2) is 42.7 Å². The molecule has 2 aromatic rings. The molecule has 1 saturated heterocycles. The van der Waals surface area contributed by atoms with Crippen LogP contribution in [-0.2, 0) is 4.79 Å². The Balaban J connectivity index is 1.79. The van der Waals surface area contributed by atoms with E-state index in [4.69, 9.17) is 4.74 Å². The number of non-ortho nitro benzene ring substituents is 1. The third-order valence-electron chi connectivity index (χ3n) is 4.68. The fraction of sp³-hybridized carbons (Fsp3) is 0.250. The first-order chi connectivity index (χ1) is 14.9. The lowest BCUT2D eigenvalue weighted by atomic mass is 10.1. The Morgan fingerprint density at radius 3 is 2.68 bits per heavy atom. The molecule has 0 atom stereocenters. The maximum atomic E-state index is 14.1. The summed E-state index contributed by atoms with van der Waals surface area (Å²) in [5.41, 5.74) is -0.124. The van der Waals surface area contributed by atoms with Crippen molar-refractivity contribution in [3.8, 4) is 11.5 Å². The third kappa shape index (κ3) is 5.39. The number of carboxylic acid groups (broad SMARTS) is 1. The number of pyridine rings is 1. The van der Waals surface area contributed by atoms with Gasteiger partial charge < -0.3 is 15.2 Å². The van der Waals surface area contributed by atoms with Gasteiger partial charge in [0.25, 0.3) is 11.6 Å². The van der Waals surface area contributed by atoms with Crippen molar-refractivity contribution in [2.75, 3.05) is 13.1 Å². The second-order valence-electron chi connectivity index (χ2n) is 6.69. The number of nitro groups is 1. The minimum atomic E-state index is -1.34. The van der Waals surface area contributed by atoms with Gasteiger partial charge >= 0.3 is 6.09 Å². The highest BCUT2D eigenvalue weighted by atomic mass is 19.1. The van der Waals surface area contributed by atoms with Crippen LogP contribution in [0, 0.1) is 15.9 Å². The molecule has 1 aliphatic heterocycles. The van der Waals surface area contributed by atoms with E-state index in [0.717, 1.165) is 29.2 Å². The second-order valence-corrected chi connectivity index (χ2v) is 6.69. The van der Waals surface area contributed by atoms with Crippen molar-refractivity contribution in [2.24, 2.45) is 0 Å². The van der Waals surface area contributed by atoms with E-state index in [0.29, 0.717) is 31.5 Å². The number of nitrogens with zero attached hydrogens (tertiary/aromatic N) is 3. The zero-order valence-corrected chi connectivity index (χ0v) is 16.2. The molecule has 3 rings (SSSR count). The molecule has 31 heavy (non-hydrogen) atoms. The zero-order chi connectivity index (χ0) is 22.4. The van der Waals surface area contributed by atoms with E-state index in [1.54, 1.807) is 0 Å². The minimum absolute atomic E-state index is 0.135. The number of ether oxygens (including phenoxy) is 1. The van der Waals surface area contributed by atoms with Crippen LogP contribution in [0.3, 0.4) is 0 Å². The van der Waals surface area contributed by atoms with Crippen molar-refractivity contribution < 1.29 is 28.7 Å². The van der Waals surface area contributed by atoms with Crippen LogP contribution >= 0.6 is 0 Å². The summed E-state index contributed by atoms with van der Waals surface area (Å²) >= 11 is 0. The quantitative estimate of drug-likeness (QED) is 0.405. The van der Waals surface area contributed by atoms with Crippen LogP contribution in [0.25, 0.3) is 6.08 Å². The van der Waals surface area contributed by atoms with E-state index < -0.39 is 34.5 Å². The predicted octanol–water partition coefficient (Wildman–Crippen LogP) is 3.19. The first kappa shape index (κ1) is 21.8. The number of amides is 2. The number of hydrogen-bond donors (Lipinski definition) is 2. The van der Waals surface area contributed by atoms with Gasteiger partial charge in [0.15, 0.2) is 11.6 Å². The van der Waals surface area contributed by atoms with Crippen LogP contribution in [0.1, 0.15) is 18.4 Å². The Labute approximate surface area is 176 Å². The van der Waals surface area contributed by atoms with Gasteiger partial charge in [-0.25, -0.2) is 14.1 Å². The standard InChI is InChI=1S/C20H19FN4O6/c21-16-11-15(25(29)30)2-3-18(16)31-17-7-10-23-12-13(17)1-4-19(26)24(20(27)28)14-5-8-22-9-6-14/h1-4,7,10-12,14,22H,5-6,8-9H2,(H,27,28)/b4-1+. The summed E-state index contributed by atoms with van der Waals surface area (Å²) in [6, 6.07) is 3.96. The highest BCUT2D eigenvalue weighted by Crippen LogP contribution is 2.30. The molecule has 1 aliphatic rings. The molecule has 1 aromatic heterocycles. The fourth-order valence-electron chi connectivity index (χ4n) is 3.15. The number of benzene rings is 1. The summed E-state index contributed by atoms with van der Waals surface area (Å²) in [5, 5.41) is 23.3. The Morgan fingerprint density at radius 2 is 2.03 bits per heavy atom. The van der Waals surface area contributed by atoms with Gasteiger partial charge in [0.2, 0.25) is 0 Å². The van der Waals surface area contributed by atoms with Gasteiger partial charge in [-0.05, 0) is 44.1 Å². The van der Waals surface area contributed by atoms with E-state index in [9.17, 15) is 29.2 Å². The number of rotatable bonds is 6. The van der Waals surface area contributed by atoms with Gasteiger partial charge in [0.1, 0.15) is 5.75 Å². The largest absolute Gasteiger partial charge is 0.465 e. The van der Waals surface area contributed by atoms with Gasteiger partial charge in [-0.3, -0.25) is 19.9 Å². The topological polar surface area (TPSA) is 135 Å². The van der Waals surface area contributed by atoms with Gasteiger partial charge in [-0.2, -0.15) is 0 Å². The van der Waals surface area contributed by atoms with Crippen LogP contribution in [0.2, 0.25) is 0 Å². The third-order valence-corrected chi connectivity index (χ3v) is 4.68. The van der Waals surface area contributed by atoms with E-state index in [1.807, 2.05) is 0 Å². The fourth-order valence-corrected chi connectivity index (χ4v) is 3.15. The van der Waals surface area contributed by atoms with E-state index in [2.05, 4.69) is 10.3 Å². The maximum absolute atomic E-state index is 14.1. The molecule has 10 nitrogen and oxygen atoms in total. The second kappa shape index (κ2) is 9.76. The monoisotopic (exact) mass is 430 g/mol. The van der Waals surface area contributed by atoms with Crippen molar-refractivity contribution in [1.29, 1.82) is 0 Å². The SMILES string of the molecule is O=C(O)N(C(=O)/C=C/c1cnccc1Oc1ccc([N+](=O)[O-])cc1F)C1CCNCC1. The van der Waals surface area contributed by atoms with Crippen molar-refractivity contribution in [1.82, 2.24) is 15.2 Å². The molecule has 0 unspecified atom stereocenters. The number of halogens is 1. The average molecular weight is 430 g/mol. The number of carbonyl (C=O) groups excluding carboxylic acids is 1. The summed E-state index contributed by atoms with van der Waals surface area (Å²) < 4.78 is 19.6. The summed E-state index contributed by atoms with van der Waals surface area (Å²) in [6.45, 7) is 1.24. The molecule has 1 aromatic carbocycles. The minimum Gasteiger partial charge on any atom is -0.465 e. The van der Waals surface area contributed by atoms with E-state index >= 15 is 0 Å². The molecule has 2 amide bonds. The Kier molecular flexibility index (Phi) is 6.88. The van der Waals surface area contributed by atoms with Gasteiger partial charge in [-0.1, -0.05) is 0 Å². The van der Waals surface area contributed by atoms with Crippen molar-refractivity contribution >= 4 is 23.8 Å². The Bertz CT molecular complexity index is 1020. The van der Waals surface area contributed by atoms with Gasteiger partial charge in [0.05, 0.1) is 11.0 Å². The van der Waals surface area contributed by atoms with Crippen LogP contribution < -0.4 is 10.1 Å². The van der Waals surface area contributed by atoms with Crippen molar-refractivity contribution in [2.45, 2.75) is 18.9 Å². The Morgan fingerprint density at radius 1 is 1.29 bits per heavy atom. The van der Waals surface area contributed by atoms with Crippen LogP contribution in [-0.4, -0.2) is 51.0 Å². The molecule has 1 fully saturated rings. The average Bonchev–Trinajstić information content (AvgIpc) is 2.75. The number of nitrogens with one attached hydrogen (secondary N) is 1. The number of hydrogen-bond acceptors (Lipinski definition) is 7. The van der Waals surface area contributed by atoms with Crippen LogP contribution in [0.5, 0.6) is 11.5 Å². The first-order valence-corrected chi connectivity index (χ1v) is 9.37. The predicted molar refractivity (Wildman–Crippen MR) is 107 cm³/mol. The summed E-state index contributed by atoms with van der Waals surface area (Å²) in [4.78, 5) is 38.9. The molecule has 2 heterocycles. The van der Waals surface area contributed by atoms with Gasteiger partial charge in [0, 0.05) is 36.1 Å².